The maximum Gasteiger partial charge on any atom is 0.573 e. The SMILES string of the molecule is CCNC(=NCC(O)c1ccc(OC(F)(F)F)cc1)N(C)CCOCC1CC1.I. The number of hydrogen-bond acceptors (Lipinski definition) is 4. The van der Waals surface area contributed by atoms with Crippen molar-refractivity contribution in [2.24, 2.45) is 10.9 Å². The van der Waals surface area contributed by atoms with Gasteiger partial charge in [-0.1, -0.05) is 12.1 Å². The number of nitrogens with zero attached hydrogens (tertiary/aromatic N) is 2. The smallest absolute Gasteiger partial charge is 0.406 e. The van der Waals surface area contributed by atoms with E-state index in [1.165, 1.54) is 37.1 Å². The topological polar surface area (TPSA) is 66.3 Å². The number of halogens is 4. The summed E-state index contributed by atoms with van der Waals surface area (Å²) in [6.45, 7) is 4.76. The third-order valence-corrected chi connectivity index (χ3v) is 4.23. The Morgan fingerprint density at radius 3 is 2.52 bits per heavy atom. The van der Waals surface area contributed by atoms with Gasteiger partial charge in [0.25, 0.3) is 0 Å². The molecule has 1 atom stereocenters. The molecular formula is C19H29F3IN3O3. The monoisotopic (exact) mass is 531 g/mol. The lowest BCUT2D eigenvalue weighted by atomic mass is 10.1. The van der Waals surface area contributed by atoms with Crippen LogP contribution in [0.3, 0.4) is 0 Å². The number of hydrogen-bond donors (Lipinski definition) is 2. The van der Waals surface area contributed by atoms with Gasteiger partial charge in [-0.05, 0) is 43.4 Å². The zero-order valence-electron chi connectivity index (χ0n) is 16.6. The van der Waals surface area contributed by atoms with Crippen molar-refractivity contribution in [1.29, 1.82) is 0 Å². The largest absolute Gasteiger partial charge is 0.573 e. The summed E-state index contributed by atoms with van der Waals surface area (Å²) in [6.07, 6.45) is -3.17. The number of alkyl halides is 3. The molecule has 10 heteroatoms. The minimum Gasteiger partial charge on any atom is -0.406 e. The maximum absolute atomic E-state index is 12.2. The molecule has 0 amide bonds. The summed E-state index contributed by atoms with van der Waals surface area (Å²) < 4.78 is 46.1. The van der Waals surface area contributed by atoms with E-state index in [0.717, 1.165) is 12.5 Å². The lowest BCUT2D eigenvalue weighted by Gasteiger charge is -2.22. The van der Waals surface area contributed by atoms with Gasteiger partial charge in [-0.15, -0.1) is 37.1 Å². The molecule has 2 rings (SSSR count). The molecule has 0 spiro atoms. The van der Waals surface area contributed by atoms with Crippen LogP contribution in [0, 0.1) is 5.92 Å². The Kier molecular flexibility index (Phi) is 11.0. The molecule has 1 saturated carbocycles. The summed E-state index contributed by atoms with van der Waals surface area (Å²) in [4.78, 5) is 6.33. The molecule has 0 bridgehead atoms. The van der Waals surface area contributed by atoms with E-state index in [0.29, 0.717) is 31.2 Å². The molecule has 0 heterocycles. The lowest BCUT2D eigenvalue weighted by Crippen LogP contribution is -2.40. The van der Waals surface area contributed by atoms with Crippen LogP contribution >= 0.6 is 24.0 Å². The van der Waals surface area contributed by atoms with Crippen molar-refractivity contribution >= 4 is 29.9 Å². The van der Waals surface area contributed by atoms with Gasteiger partial charge in [0.05, 0.1) is 19.3 Å². The van der Waals surface area contributed by atoms with Crippen LogP contribution in [0.2, 0.25) is 0 Å². The number of aliphatic hydroxyl groups is 1. The zero-order valence-corrected chi connectivity index (χ0v) is 18.9. The van der Waals surface area contributed by atoms with E-state index < -0.39 is 12.5 Å². The van der Waals surface area contributed by atoms with E-state index in [2.05, 4.69) is 15.0 Å². The molecule has 6 nitrogen and oxygen atoms in total. The fourth-order valence-corrected chi connectivity index (χ4v) is 2.48. The number of aliphatic hydroxyl groups excluding tert-OH is 1. The van der Waals surface area contributed by atoms with Crippen molar-refractivity contribution in [2.75, 3.05) is 39.9 Å². The molecular weight excluding hydrogens is 502 g/mol. The van der Waals surface area contributed by atoms with Crippen LogP contribution in [-0.4, -0.2) is 62.2 Å². The first-order valence-electron chi connectivity index (χ1n) is 9.39. The Morgan fingerprint density at radius 1 is 1.31 bits per heavy atom. The van der Waals surface area contributed by atoms with Crippen LogP contribution in [-0.2, 0) is 4.74 Å². The Balaban J connectivity index is 0.00000420. The summed E-state index contributed by atoms with van der Waals surface area (Å²) >= 11 is 0. The van der Waals surface area contributed by atoms with Gasteiger partial charge < -0.3 is 24.8 Å². The van der Waals surface area contributed by atoms with Gasteiger partial charge in [-0.2, -0.15) is 0 Å². The fraction of sp³-hybridized carbons (Fsp3) is 0.632. The quantitative estimate of drug-likeness (QED) is 0.209. The second-order valence-electron chi connectivity index (χ2n) is 6.77. The lowest BCUT2D eigenvalue weighted by molar-refractivity contribution is -0.274. The van der Waals surface area contributed by atoms with E-state index >= 15 is 0 Å². The second kappa shape index (κ2) is 12.4. The highest BCUT2D eigenvalue weighted by atomic mass is 127. The van der Waals surface area contributed by atoms with E-state index in [1.807, 2.05) is 18.9 Å². The first-order chi connectivity index (χ1) is 13.3. The highest BCUT2D eigenvalue weighted by Gasteiger charge is 2.31. The Hall–Kier alpha value is -1.27. The summed E-state index contributed by atoms with van der Waals surface area (Å²) in [5.41, 5.74) is 0.463. The van der Waals surface area contributed by atoms with E-state index in [4.69, 9.17) is 4.74 Å². The third kappa shape index (κ3) is 10.4. The summed E-state index contributed by atoms with van der Waals surface area (Å²) in [5, 5.41) is 13.4. The van der Waals surface area contributed by atoms with Crippen LogP contribution in [0.15, 0.2) is 29.3 Å². The first kappa shape index (κ1) is 25.8. The predicted octanol–water partition coefficient (Wildman–Crippen LogP) is 3.56. The van der Waals surface area contributed by atoms with Crippen molar-refractivity contribution in [3.63, 3.8) is 0 Å². The van der Waals surface area contributed by atoms with Gasteiger partial charge in [0.1, 0.15) is 5.75 Å². The normalized spacial score (nSPS) is 15.4. The van der Waals surface area contributed by atoms with Gasteiger partial charge in [0.15, 0.2) is 5.96 Å². The van der Waals surface area contributed by atoms with Crippen LogP contribution in [0.5, 0.6) is 5.75 Å². The number of benzene rings is 1. The summed E-state index contributed by atoms with van der Waals surface area (Å²) in [7, 11) is 1.89. The summed E-state index contributed by atoms with van der Waals surface area (Å²) in [5.74, 6) is 1.02. The van der Waals surface area contributed by atoms with E-state index in [9.17, 15) is 18.3 Å². The Morgan fingerprint density at radius 2 is 1.97 bits per heavy atom. The predicted molar refractivity (Wildman–Crippen MR) is 116 cm³/mol. The van der Waals surface area contributed by atoms with Gasteiger partial charge in [-0.3, -0.25) is 4.99 Å². The van der Waals surface area contributed by atoms with E-state index in [1.54, 1.807) is 0 Å². The molecule has 166 valence electrons. The number of likely N-dealkylation sites (N-methyl/N-ethyl adjacent to an activating group) is 1. The molecule has 2 N–H and O–H groups in total. The highest BCUT2D eigenvalue weighted by molar-refractivity contribution is 14.0. The third-order valence-electron chi connectivity index (χ3n) is 4.23. The van der Waals surface area contributed by atoms with Crippen LogP contribution in [0.25, 0.3) is 0 Å². The summed E-state index contributed by atoms with van der Waals surface area (Å²) in [6, 6.07) is 5.13. The van der Waals surface area contributed by atoms with Crippen molar-refractivity contribution in [3.8, 4) is 5.75 Å². The second-order valence-corrected chi connectivity index (χ2v) is 6.77. The maximum atomic E-state index is 12.2. The Labute approximate surface area is 186 Å². The molecule has 0 radical (unpaired) electrons. The molecule has 1 fully saturated rings. The van der Waals surface area contributed by atoms with Crippen LogP contribution < -0.4 is 10.1 Å². The van der Waals surface area contributed by atoms with Crippen molar-refractivity contribution in [3.05, 3.63) is 29.8 Å². The van der Waals surface area contributed by atoms with Crippen molar-refractivity contribution in [2.45, 2.75) is 32.2 Å². The molecule has 1 aliphatic rings. The van der Waals surface area contributed by atoms with Gasteiger partial charge in [0, 0.05) is 26.7 Å². The van der Waals surface area contributed by atoms with Gasteiger partial charge in [0.2, 0.25) is 0 Å². The number of aliphatic imine (C=N–C) groups is 1. The average molecular weight is 531 g/mol. The molecule has 29 heavy (non-hydrogen) atoms. The van der Waals surface area contributed by atoms with Crippen LogP contribution in [0.4, 0.5) is 13.2 Å². The number of ether oxygens (including phenoxy) is 2. The average Bonchev–Trinajstić information content (AvgIpc) is 3.45. The van der Waals surface area contributed by atoms with Gasteiger partial charge in [-0.25, -0.2) is 0 Å². The molecule has 1 aromatic rings. The van der Waals surface area contributed by atoms with Crippen molar-refractivity contribution < 1.29 is 27.8 Å². The highest BCUT2D eigenvalue weighted by Crippen LogP contribution is 2.28. The first-order valence-corrected chi connectivity index (χ1v) is 9.39. The zero-order chi connectivity index (χ0) is 20.6. The fourth-order valence-electron chi connectivity index (χ4n) is 2.48. The molecule has 0 aliphatic heterocycles. The van der Waals surface area contributed by atoms with E-state index in [-0.39, 0.29) is 36.3 Å². The number of rotatable bonds is 10. The number of guanidine groups is 1. The van der Waals surface area contributed by atoms with Crippen LogP contribution in [0.1, 0.15) is 31.4 Å². The van der Waals surface area contributed by atoms with Crippen molar-refractivity contribution in [1.82, 2.24) is 10.2 Å². The molecule has 1 aromatic carbocycles. The minimum absolute atomic E-state index is 0. The number of nitrogens with one attached hydrogen (secondary N) is 1. The Bertz CT molecular complexity index is 625. The molecule has 0 aromatic heterocycles. The standard InChI is InChI=1S/C19H28F3N3O3.HI/c1-3-23-18(25(2)10-11-27-13-14-4-5-14)24-12-17(26)15-6-8-16(9-7-15)28-19(20,21)22;/h6-9,14,17,26H,3-5,10-13H2,1-2H3,(H,23,24);1H. The molecule has 1 aliphatic carbocycles. The van der Waals surface area contributed by atoms with Gasteiger partial charge >= 0.3 is 6.36 Å². The molecule has 0 saturated heterocycles. The molecule has 1 unspecified atom stereocenters. The minimum atomic E-state index is -4.74.